The van der Waals surface area contributed by atoms with Gasteiger partial charge in [0, 0.05) is 0 Å². The molecule has 1 heterocycles. The number of rotatable bonds is 0. The molecular weight excluding hydrogens is 352 g/mol. The molecule has 0 unspecified atom stereocenters. The van der Waals surface area contributed by atoms with E-state index in [1.165, 1.54) is 47.2 Å². The summed E-state index contributed by atoms with van der Waals surface area (Å²) in [5.41, 5.74) is 3.17. The monoisotopic (exact) mass is 374 g/mol. The number of benzene rings is 3. The van der Waals surface area contributed by atoms with Gasteiger partial charge < -0.3 is 16.8 Å². The first-order valence-corrected chi connectivity index (χ1v) is 10.4. The molecule has 0 bridgehead atoms. The summed E-state index contributed by atoms with van der Waals surface area (Å²) in [4.78, 5) is 0. The summed E-state index contributed by atoms with van der Waals surface area (Å²) in [5, 5.41) is 7.67. The molecule has 0 amide bonds. The predicted molar refractivity (Wildman–Crippen MR) is 108 cm³/mol. The van der Waals surface area contributed by atoms with Gasteiger partial charge in [-0.15, -0.1) is 0 Å². The number of furan rings is 1. The molecule has 1 aliphatic rings. The molecule has 3 aromatic carbocycles. The minimum absolute atomic E-state index is 0. The fourth-order valence-electron chi connectivity index (χ4n) is 3.57. The molecule has 0 N–H and O–H groups in total. The maximum Gasteiger partial charge on any atom is 0.0902 e. The summed E-state index contributed by atoms with van der Waals surface area (Å²) >= 11 is 1.86. The molecule has 0 saturated heterocycles. The van der Waals surface area contributed by atoms with Crippen LogP contribution >= 0.6 is 0 Å². The van der Waals surface area contributed by atoms with Gasteiger partial charge in [0.1, 0.15) is 0 Å². The molecule has 0 aliphatic heterocycles. The van der Waals surface area contributed by atoms with Crippen molar-refractivity contribution >= 4 is 43.3 Å². The van der Waals surface area contributed by atoms with Crippen molar-refractivity contribution in [3.05, 3.63) is 84.3 Å². The SMILES string of the molecule is [CH3][Mg+].[Cl-].c1ccc2c(c1)ccc1c3c(ccc12)CCCC3.c1ccoc1. The fraction of sp³-hybridized carbons (Fsp3) is 0.217. The van der Waals surface area contributed by atoms with E-state index in [0.717, 1.165) is 0 Å². The Morgan fingerprint density at radius 3 is 2.12 bits per heavy atom. The van der Waals surface area contributed by atoms with Crippen molar-refractivity contribution in [3.8, 4) is 0 Å². The van der Waals surface area contributed by atoms with Crippen LogP contribution < -0.4 is 12.4 Å². The van der Waals surface area contributed by atoms with Gasteiger partial charge in [-0.25, -0.2) is 0 Å². The molecule has 4 aromatic rings. The third-order valence-electron chi connectivity index (χ3n) is 4.68. The Labute approximate surface area is 174 Å². The average molecular weight is 375 g/mol. The summed E-state index contributed by atoms with van der Waals surface area (Å²) < 4.78 is 4.58. The quantitative estimate of drug-likeness (QED) is 0.339. The molecule has 1 nitrogen and oxygen atoms in total. The maximum atomic E-state index is 4.58. The largest absolute Gasteiger partial charge is 1.00 e. The molecule has 1 aliphatic carbocycles. The number of aryl methyl sites for hydroxylation is 2. The fourth-order valence-corrected chi connectivity index (χ4v) is 3.57. The Morgan fingerprint density at radius 2 is 1.38 bits per heavy atom. The summed E-state index contributed by atoms with van der Waals surface area (Å²) in [7, 11) is 0. The van der Waals surface area contributed by atoms with Gasteiger partial charge in [0.15, 0.2) is 0 Å². The molecule has 0 spiro atoms. The van der Waals surface area contributed by atoms with E-state index < -0.39 is 0 Å². The summed E-state index contributed by atoms with van der Waals surface area (Å²) in [6, 6.07) is 21.6. The third kappa shape index (κ3) is 4.62. The smallest absolute Gasteiger partial charge is 0.0902 e. The standard InChI is InChI=1S/C18H16.C4H4O.CH3.ClH.Mg/c1-3-7-15-13(5-1)9-11-18-16-8-4-2-6-14(16)10-12-17(15)18;1-2-4-5-3-1;;;/h1,3,5,7,9-12H,2,4,6,8H2;1-4H;1H3;1H;/q;;;;+1/p-1. The van der Waals surface area contributed by atoms with Crippen LogP contribution in [0, 0.1) is 0 Å². The number of halogens is 1. The molecule has 0 atom stereocenters. The van der Waals surface area contributed by atoms with Gasteiger partial charge in [-0.3, -0.25) is 0 Å². The van der Waals surface area contributed by atoms with Gasteiger partial charge in [0.05, 0.1) is 12.5 Å². The first-order valence-electron chi connectivity index (χ1n) is 9.03. The molecule has 130 valence electrons. The van der Waals surface area contributed by atoms with Crippen LogP contribution in [0.2, 0.25) is 5.05 Å². The zero-order valence-electron chi connectivity index (χ0n) is 15.2. The molecular formula is C23H23ClMgO. The van der Waals surface area contributed by atoms with Crippen molar-refractivity contribution in [1.82, 2.24) is 0 Å². The van der Waals surface area contributed by atoms with E-state index in [4.69, 9.17) is 0 Å². The van der Waals surface area contributed by atoms with Crippen molar-refractivity contribution in [2.24, 2.45) is 0 Å². The van der Waals surface area contributed by atoms with Crippen LogP contribution in [0.25, 0.3) is 21.5 Å². The van der Waals surface area contributed by atoms with E-state index in [1.807, 2.05) is 38.9 Å². The van der Waals surface area contributed by atoms with Crippen LogP contribution in [0.1, 0.15) is 24.0 Å². The summed E-state index contributed by atoms with van der Waals surface area (Å²) in [6.45, 7) is 0. The second-order valence-electron chi connectivity index (χ2n) is 6.09. The van der Waals surface area contributed by atoms with Gasteiger partial charge in [-0.05, 0) is 70.5 Å². The molecule has 0 saturated carbocycles. The van der Waals surface area contributed by atoms with Crippen molar-refractivity contribution in [2.75, 3.05) is 0 Å². The summed E-state index contributed by atoms with van der Waals surface area (Å²) in [6.07, 6.45) is 8.47. The second kappa shape index (κ2) is 10.6. The first kappa shape index (κ1) is 20.8. The Balaban J connectivity index is 0.000000261. The zero-order valence-corrected chi connectivity index (χ0v) is 17.4. The van der Waals surface area contributed by atoms with Crippen LogP contribution in [0.4, 0.5) is 0 Å². The Kier molecular flexibility index (Phi) is 8.50. The predicted octanol–water partition coefficient (Wildman–Crippen LogP) is 3.36. The third-order valence-corrected chi connectivity index (χ3v) is 4.68. The average Bonchev–Trinajstić information content (AvgIpc) is 3.29. The van der Waals surface area contributed by atoms with Gasteiger partial charge >= 0.3 is 26.8 Å². The van der Waals surface area contributed by atoms with E-state index in [0.29, 0.717) is 0 Å². The van der Waals surface area contributed by atoms with Crippen LogP contribution in [-0.4, -0.2) is 21.7 Å². The van der Waals surface area contributed by atoms with Crippen molar-refractivity contribution in [1.29, 1.82) is 0 Å². The van der Waals surface area contributed by atoms with E-state index >= 15 is 0 Å². The molecule has 0 fully saturated rings. The Hall–Kier alpha value is -1.48. The van der Waals surface area contributed by atoms with Crippen molar-refractivity contribution < 1.29 is 16.8 Å². The van der Waals surface area contributed by atoms with Crippen LogP contribution in [-0.2, 0) is 12.8 Å². The van der Waals surface area contributed by atoms with E-state index in [1.54, 1.807) is 23.7 Å². The zero-order chi connectivity index (χ0) is 17.5. The van der Waals surface area contributed by atoms with Gasteiger partial charge in [-0.1, -0.05) is 48.5 Å². The van der Waals surface area contributed by atoms with Crippen LogP contribution in [0.5, 0.6) is 0 Å². The number of fused-ring (bicyclic) bond motifs is 5. The normalized spacial score (nSPS) is 12.1. The molecule has 26 heavy (non-hydrogen) atoms. The van der Waals surface area contributed by atoms with E-state index in [9.17, 15) is 0 Å². The van der Waals surface area contributed by atoms with Crippen LogP contribution in [0.3, 0.4) is 0 Å². The van der Waals surface area contributed by atoms with Crippen molar-refractivity contribution in [3.63, 3.8) is 0 Å². The Bertz CT molecular complexity index is 914. The summed E-state index contributed by atoms with van der Waals surface area (Å²) in [5.74, 6) is 0. The minimum Gasteiger partial charge on any atom is -1.00 e. The van der Waals surface area contributed by atoms with E-state index in [2.05, 4.69) is 52.9 Å². The van der Waals surface area contributed by atoms with Crippen LogP contribution in [0.15, 0.2) is 77.6 Å². The molecule has 5 rings (SSSR count). The minimum atomic E-state index is 0. The molecule has 0 radical (unpaired) electrons. The number of hydrogen-bond donors (Lipinski definition) is 0. The second-order valence-corrected chi connectivity index (χ2v) is 6.09. The van der Waals surface area contributed by atoms with Gasteiger partial charge in [0.2, 0.25) is 0 Å². The maximum absolute atomic E-state index is 4.58. The first-order chi connectivity index (χ1) is 12.4. The van der Waals surface area contributed by atoms with Crippen molar-refractivity contribution in [2.45, 2.75) is 30.7 Å². The van der Waals surface area contributed by atoms with Gasteiger partial charge in [-0.2, -0.15) is 0 Å². The molecule has 3 heteroatoms. The Morgan fingerprint density at radius 1 is 0.692 bits per heavy atom. The van der Waals surface area contributed by atoms with Gasteiger partial charge in [0.25, 0.3) is 0 Å². The topological polar surface area (TPSA) is 13.1 Å². The molecule has 1 aromatic heterocycles. The van der Waals surface area contributed by atoms with E-state index in [-0.39, 0.29) is 12.4 Å². The number of hydrogen-bond acceptors (Lipinski definition) is 1.